The van der Waals surface area contributed by atoms with Crippen LogP contribution in [0.25, 0.3) is 11.2 Å². The molecule has 0 aliphatic heterocycles. The fourth-order valence-electron chi connectivity index (χ4n) is 6.23. The SMILES string of the molecule is CCCn1c(=O)c2[nH]c(C3C4CC5(CO)C3C5[C@H]4O)nc2n(CCC)c1=O. The lowest BCUT2D eigenvalue weighted by Gasteiger charge is -2.14. The van der Waals surface area contributed by atoms with Crippen LogP contribution in [0.3, 0.4) is 0 Å². The van der Waals surface area contributed by atoms with Gasteiger partial charge in [-0.05, 0) is 37.0 Å². The molecule has 6 rings (SSSR count). The normalized spacial score (nSPS) is 36.1. The van der Waals surface area contributed by atoms with Gasteiger partial charge < -0.3 is 15.2 Å². The van der Waals surface area contributed by atoms with Gasteiger partial charge in [0.25, 0.3) is 5.56 Å². The molecule has 0 aromatic carbocycles. The van der Waals surface area contributed by atoms with Crippen LogP contribution in [-0.2, 0) is 13.1 Å². The van der Waals surface area contributed by atoms with Gasteiger partial charge in [0.05, 0.1) is 6.10 Å². The summed E-state index contributed by atoms with van der Waals surface area (Å²) in [5.41, 5.74) is 0.00162. The smallest absolute Gasteiger partial charge is 0.332 e. The van der Waals surface area contributed by atoms with E-state index in [1.165, 1.54) is 4.57 Å². The predicted octanol–water partition coefficient (Wildman–Crippen LogP) is 0.409. The van der Waals surface area contributed by atoms with Gasteiger partial charge in [-0.15, -0.1) is 0 Å². The lowest BCUT2D eigenvalue weighted by Crippen LogP contribution is -2.40. The van der Waals surface area contributed by atoms with E-state index >= 15 is 0 Å². The molecule has 3 N–H and O–H groups in total. The summed E-state index contributed by atoms with van der Waals surface area (Å²) in [5, 5.41) is 20.4. The minimum absolute atomic E-state index is 0.0220. The van der Waals surface area contributed by atoms with Gasteiger partial charge in [0.1, 0.15) is 11.3 Å². The predicted molar refractivity (Wildman–Crippen MR) is 98.5 cm³/mol. The molecule has 5 unspecified atom stereocenters. The number of fused-ring (bicyclic) bond motifs is 1. The van der Waals surface area contributed by atoms with E-state index in [2.05, 4.69) is 4.98 Å². The van der Waals surface area contributed by atoms with E-state index < -0.39 is 6.10 Å². The Morgan fingerprint density at radius 2 is 1.89 bits per heavy atom. The average molecular weight is 374 g/mol. The number of H-pyrrole nitrogens is 1. The first kappa shape index (κ1) is 17.2. The quantitative estimate of drug-likeness (QED) is 0.678. The molecule has 0 spiro atoms. The van der Waals surface area contributed by atoms with Crippen LogP contribution in [0.1, 0.15) is 44.9 Å². The van der Waals surface area contributed by atoms with Gasteiger partial charge >= 0.3 is 5.69 Å². The first-order chi connectivity index (χ1) is 13.0. The summed E-state index contributed by atoms with van der Waals surface area (Å²) in [4.78, 5) is 33.6. The number of aliphatic hydroxyl groups is 2. The average Bonchev–Trinajstić information content (AvgIpc) is 3.05. The second-order valence-corrected chi connectivity index (χ2v) is 8.54. The third kappa shape index (κ3) is 1.92. The maximum atomic E-state index is 12.9. The molecule has 2 aromatic rings. The fraction of sp³-hybridized carbons (Fsp3) is 0.737. The molecule has 146 valence electrons. The number of hydrogen-bond acceptors (Lipinski definition) is 5. The van der Waals surface area contributed by atoms with Crippen molar-refractivity contribution in [2.24, 2.45) is 23.2 Å². The Morgan fingerprint density at radius 1 is 1.19 bits per heavy atom. The summed E-state index contributed by atoms with van der Waals surface area (Å²) in [5.74, 6) is 1.13. The standard InChI is InChI=1S/C19H26N4O4/c1-3-5-22-16-13(17(26)23(6-4-2)18(22)27)20-15(21-16)10-9-7-19(8-24)11(10)12(19)14(9)25/h9-12,14,24-25H,3-8H2,1-2H3,(H,20,21)/t9?,10?,11?,12?,14-,19?/m0/s1. The molecule has 4 fully saturated rings. The van der Waals surface area contributed by atoms with E-state index in [-0.39, 0.29) is 46.9 Å². The zero-order chi connectivity index (χ0) is 19.1. The first-order valence-corrected chi connectivity index (χ1v) is 10.0. The zero-order valence-corrected chi connectivity index (χ0v) is 15.7. The number of hydrogen-bond donors (Lipinski definition) is 3. The highest BCUT2D eigenvalue weighted by molar-refractivity contribution is 5.70. The molecule has 4 bridgehead atoms. The molecular formula is C19H26N4O4. The number of aromatic nitrogens is 4. The third-order valence-corrected chi connectivity index (χ3v) is 7.26. The number of aromatic amines is 1. The summed E-state index contributed by atoms with van der Waals surface area (Å²) in [6.45, 7) is 4.91. The highest BCUT2D eigenvalue weighted by Gasteiger charge is 2.83. The molecule has 8 nitrogen and oxygen atoms in total. The maximum Gasteiger partial charge on any atom is 0.332 e. The molecule has 4 saturated carbocycles. The molecule has 27 heavy (non-hydrogen) atoms. The molecule has 4 aliphatic rings. The summed E-state index contributed by atoms with van der Waals surface area (Å²) in [6.07, 6.45) is 1.87. The summed E-state index contributed by atoms with van der Waals surface area (Å²) >= 11 is 0. The van der Waals surface area contributed by atoms with Crippen LogP contribution in [0, 0.1) is 23.2 Å². The van der Waals surface area contributed by atoms with Gasteiger partial charge in [-0.3, -0.25) is 13.9 Å². The van der Waals surface area contributed by atoms with Crippen molar-refractivity contribution >= 4 is 11.2 Å². The molecule has 2 aromatic heterocycles. The second-order valence-electron chi connectivity index (χ2n) is 8.54. The van der Waals surface area contributed by atoms with Crippen molar-refractivity contribution in [1.82, 2.24) is 19.1 Å². The van der Waals surface area contributed by atoms with Crippen LogP contribution in [0.2, 0.25) is 0 Å². The van der Waals surface area contributed by atoms with Crippen LogP contribution >= 0.6 is 0 Å². The Hall–Kier alpha value is -1.93. The van der Waals surface area contributed by atoms with E-state index in [4.69, 9.17) is 4.98 Å². The van der Waals surface area contributed by atoms with Crippen molar-refractivity contribution in [2.75, 3.05) is 6.61 Å². The van der Waals surface area contributed by atoms with Crippen molar-refractivity contribution < 1.29 is 10.2 Å². The minimum atomic E-state index is -0.407. The van der Waals surface area contributed by atoms with E-state index in [1.54, 1.807) is 4.57 Å². The van der Waals surface area contributed by atoms with Crippen LogP contribution in [0.15, 0.2) is 9.59 Å². The molecule has 0 amide bonds. The van der Waals surface area contributed by atoms with Crippen molar-refractivity contribution in [1.29, 1.82) is 0 Å². The van der Waals surface area contributed by atoms with Crippen molar-refractivity contribution in [3.8, 4) is 0 Å². The number of nitrogens with one attached hydrogen (secondary N) is 1. The lowest BCUT2D eigenvalue weighted by molar-refractivity contribution is 0.124. The highest BCUT2D eigenvalue weighted by atomic mass is 16.3. The molecular weight excluding hydrogens is 348 g/mol. The van der Waals surface area contributed by atoms with Crippen LogP contribution in [-0.4, -0.2) is 42.0 Å². The lowest BCUT2D eigenvalue weighted by atomic mass is 9.96. The molecule has 8 heteroatoms. The van der Waals surface area contributed by atoms with Crippen molar-refractivity contribution in [3.05, 3.63) is 26.7 Å². The van der Waals surface area contributed by atoms with Crippen LogP contribution in [0.5, 0.6) is 0 Å². The largest absolute Gasteiger partial charge is 0.396 e. The van der Waals surface area contributed by atoms with E-state index in [9.17, 15) is 19.8 Å². The zero-order valence-electron chi connectivity index (χ0n) is 15.7. The number of nitrogens with zero attached hydrogens (tertiary/aromatic N) is 3. The summed E-state index contributed by atoms with van der Waals surface area (Å²) in [6, 6.07) is 0. The van der Waals surface area contributed by atoms with E-state index in [0.29, 0.717) is 36.5 Å². The minimum Gasteiger partial charge on any atom is -0.396 e. The van der Waals surface area contributed by atoms with E-state index in [1.807, 2.05) is 13.8 Å². The molecule has 0 saturated heterocycles. The number of rotatable bonds is 6. The molecule has 0 radical (unpaired) electrons. The Kier molecular flexibility index (Phi) is 3.53. The Labute approximate surface area is 155 Å². The fourth-order valence-corrected chi connectivity index (χ4v) is 6.23. The van der Waals surface area contributed by atoms with Crippen LogP contribution in [0.4, 0.5) is 0 Å². The first-order valence-electron chi connectivity index (χ1n) is 10.0. The number of aliphatic hydroxyl groups excluding tert-OH is 2. The monoisotopic (exact) mass is 374 g/mol. The molecule has 4 aliphatic carbocycles. The van der Waals surface area contributed by atoms with Gasteiger partial charge in [-0.25, -0.2) is 9.78 Å². The molecule has 6 atom stereocenters. The topological polar surface area (TPSA) is 113 Å². The van der Waals surface area contributed by atoms with Gasteiger partial charge in [-0.2, -0.15) is 0 Å². The van der Waals surface area contributed by atoms with Crippen molar-refractivity contribution in [3.63, 3.8) is 0 Å². The summed E-state index contributed by atoms with van der Waals surface area (Å²) < 4.78 is 2.88. The Balaban J connectivity index is 1.67. The van der Waals surface area contributed by atoms with Crippen molar-refractivity contribution in [2.45, 2.75) is 58.2 Å². The van der Waals surface area contributed by atoms with Gasteiger partial charge in [0.15, 0.2) is 5.65 Å². The second kappa shape index (κ2) is 5.54. The van der Waals surface area contributed by atoms with E-state index in [0.717, 1.165) is 12.8 Å². The Morgan fingerprint density at radius 3 is 2.48 bits per heavy atom. The third-order valence-electron chi connectivity index (χ3n) is 7.26. The van der Waals surface area contributed by atoms with Gasteiger partial charge in [-0.1, -0.05) is 13.8 Å². The summed E-state index contributed by atoms with van der Waals surface area (Å²) in [7, 11) is 0. The highest BCUT2D eigenvalue weighted by Crippen LogP contribution is 2.82. The number of imidazole rings is 1. The maximum absolute atomic E-state index is 12.9. The Bertz CT molecular complexity index is 1040. The van der Waals surface area contributed by atoms with Gasteiger partial charge in [0.2, 0.25) is 0 Å². The number of aryl methyl sites for hydroxylation is 1. The van der Waals surface area contributed by atoms with Crippen LogP contribution < -0.4 is 11.2 Å². The molecule has 2 heterocycles. The van der Waals surface area contributed by atoms with Gasteiger partial charge in [0, 0.05) is 31.0 Å².